The van der Waals surface area contributed by atoms with Gasteiger partial charge in [-0.15, -0.1) is 0 Å². The number of ether oxygens (including phenoxy) is 1. The first-order chi connectivity index (χ1) is 11.6. The second-order valence-corrected chi connectivity index (χ2v) is 6.44. The first-order valence-electron chi connectivity index (χ1n) is 8.37. The van der Waals surface area contributed by atoms with Gasteiger partial charge in [0, 0.05) is 44.0 Å². The lowest BCUT2D eigenvalue weighted by atomic mass is 10.1. The number of aromatic nitrogens is 3. The molecule has 128 valence electrons. The maximum absolute atomic E-state index is 11.7. The predicted molar refractivity (Wildman–Crippen MR) is 90.7 cm³/mol. The molecule has 0 aromatic carbocycles. The molecule has 0 saturated heterocycles. The summed E-state index contributed by atoms with van der Waals surface area (Å²) < 4.78 is 6.71. The zero-order chi connectivity index (χ0) is 17.1. The summed E-state index contributed by atoms with van der Waals surface area (Å²) in [6, 6.07) is 6.43. The Morgan fingerprint density at radius 3 is 2.92 bits per heavy atom. The van der Waals surface area contributed by atoms with Gasteiger partial charge < -0.3 is 4.74 Å². The van der Waals surface area contributed by atoms with E-state index in [0.29, 0.717) is 11.7 Å². The number of fused-ring (bicyclic) bond motifs is 1. The lowest BCUT2D eigenvalue weighted by Crippen LogP contribution is -2.34. The number of rotatable bonds is 4. The Morgan fingerprint density at radius 2 is 2.21 bits per heavy atom. The second-order valence-electron chi connectivity index (χ2n) is 6.44. The van der Waals surface area contributed by atoms with Gasteiger partial charge in [0.1, 0.15) is 0 Å². The van der Waals surface area contributed by atoms with Crippen molar-refractivity contribution in [3.63, 3.8) is 0 Å². The summed E-state index contributed by atoms with van der Waals surface area (Å²) in [5, 5.41) is 4.37. The molecule has 2 aromatic heterocycles. The van der Waals surface area contributed by atoms with Gasteiger partial charge in [0.2, 0.25) is 0 Å². The van der Waals surface area contributed by atoms with Crippen LogP contribution in [0.4, 0.5) is 0 Å². The topological polar surface area (TPSA) is 60.3 Å². The van der Waals surface area contributed by atoms with Crippen molar-refractivity contribution in [2.24, 2.45) is 0 Å². The molecule has 1 unspecified atom stereocenters. The van der Waals surface area contributed by atoms with Gasteiger partial charge in [0.25, 0.3) is 0 Å². The van der Waals surface area contributed by atoms with E-state index in [1.54, 1.807) is 0 Å². The average Bonchev–Trinajstić information content (AvgIpc) is 2.87. The molecule has 2 aromatic rings. The van der Waals surface area contributed by atoms with Crippen molar-refractivity contribution in [2.75, 3.05) is 13.7 Å². The van der Waals surface area contributed by atoms with E-state index in [2.05, 4.69) is 41.0 Å². The normalized spacial score (nSPS) is 16.3. The highest BCUT2D eigenvalue weighted by molar-refractivity contribution is 5.87. The van der Waals surface area contributed by atoms with Gasteiger partial charge in [0.05, 0.1) is 12.8 Å². The van der Waals surface area contributed by atoms with Gasteiger partial charge in [-0.2, -0.15) is 5.10 Å². The molecular formula is C18H24N4O2. The van der Waals surface area contributed by atoms with Crippen LogP contribution in [0.2, 0.25) is 0 Å². The summed E-state index contributed by atoms with van der Waals surface area (Å²) in [7, 11) is 1.38. The first-order valence-corrected chi connectivity index (χ1v) is 8.37. The molecule has 0 spiro atoms. The highest BCUT2D eigenvalue weighted by Gasteiger charge is 2.22. The van der Waals surface area contributed by atoms with Crippen LogP contribution >= 0.6 is 0 Å². The SMILES string of the molecule is COC(=O)c1cc2n(n1)CCCN(C(C)Cc1ccc(C)cn1)C2. The Morgan fingerprint density at radius 1 is 1.38 bits per heavy atom. The van der Waals surface area contributed by atoms with E-state index >= 15 is 0 Å². The third kappa shape index (κ3) is 3.64. The maximum atomic E-state index is 11.7. The number of pyridine rings is 1. The third-order valence-electron chi connectivity index (χ3n) is 4.54. The molecule has 0 radical (unpaired) electrons. The second kappa shape index (κ2) is 7.13. The van der Waals surface area contributed by atoms with Crippen LogP contribution in [0.1, 0.15) is 40.8 Å². The van der Waals surface area contributed by atoms with Crippen LogP contribution in [0.3, 0.4) is 0 Å². The lowest BCUT2D eigenvalue weighted by molar-refractivity contribution is 0.0593. The first kappa shape index (κ1) is 16.6. The minimum absolute atomic E-state index is 0.376. The summed E-state index contributed by atoms with van der Waals surface area (Å²) in [6.07, 6.45) is 3.85. The third-order valence-corrected chi connectivity index (χ3v) is 4.54. The van der Waals surface area contributed by atoms with E-state index in [4.69, 9.17) is 4.74 Å². The Bertz CT molecular complexity index is 708. The predicted octanol–water partition coefficient (Wildman–Crippen LogP) is 2.21. The van der Waals surface area contributed by atoms with Gasteiger partial charge in [0.15, 0.2) is 5.69 Å². The fourth-order valence-electron chi connectivity index (χ4n) is 3.12. The van der Waals surface area contributed by atoms with Crippen LogP contribution in [0.5, 0.6) is 0 Å². The Balaban J connectivity index is 1.71. The molecule has 0 amide bonds. The van der Waals surface area contributed by atoms with Crippen molar-refractivity contribution in [3.05, 3.63) is 47.0 Å². The van der Waals surface area contributed by atoms with E-state index < -0.39 is 0 Å². The molecule has 1 aliphatic rings. The largest absolute Gasteiger partial charge is 0.464 e. The van der Waals surface area contributed by atoms with Gasteiger partial charge in [-0.25, -0.2) is 4.79 Å². The average molecular weight is 328 g/mol. The summed E-state index contributed by atoms with van der Waals surface area (Å²) >= 11 is 0. The molecule has 1 aliphatic heterocycles. The molecule has 6 heteroatoms. The highest BCUT2D eigenvalue weighted by Crippen LogP contribution is 2.18. The van der Waals surface area contributed by atoms with E-state index in [1.165, 1.54) is 12.7 Å². The number of carbonyl (C=O) groups excluding carboxylic acids is 1. The maximum Gasteiger partial charge on any atom is 0.358 e. The minimum Gasteiger partial charge on any atom is -0.464 e. The minimum atomic E-state index is -0.376. The van der Waals surface area contributed by atoms with Crippen molar-refractivity contribution in [3.8, 4) is 0 Å². The number of nitrogens with zero attached hydrogens (tertiary/aromatic N) is 4. The van der Waals surface area contributed by atoms with Crippen LogP contribution < -0.4 is 0 Å². The van der Waals surface area contributed by atoms with Gasteiger partial charge in [-0.1, -0.05) is 6.07 Å². The van der Waals surface area contributed by atoms with Crippen LogP contribution in [0, 0.1) is 6.92 Å². The number of carbonyl (C=O) groups is 1. The summed E-state index contributed by atoms with van der Waals surface area (Å²) in [5.41, 5.74) is 3.75. The van der Waals surface area contributed by atoms with E-state index in [1.807, 2.05) is 16.9 Å². The zero-order valence-electron chi connectivity index (χ0n) is 14.5. The van der Waals surface area contributed by atoms with Crippen molar-refractivity contribution in [1.29, 1.82) is 0 Å². The number of methoxy groups -OCH3 is 1. The fourth-order valence-corrected chi connectivity index (χ4v) is 3.12. The smallest absolute Gasteiger partial charge is 0.358 e. The molecule has 0 saturated carbocycles. The van der Waals surface area contributed by atoms with Crippen LogP contribution in [0.15, 0.2) is 24.4 Å². The monoisotopic (exact) mass is 328 g/mol. The Kier molecular flexibility index (Phi) is 4.94. The quantitative estimate of drug-likeness (QED) is 0.805. The molecule has 0 fully saturated rings. The van der Waals surface area contributed by atoms with Gasteiger partial charge in [-0.05, 0) is 38.0 Å². The van der Waals surface area contributed by atoms with Gasteiger partial charge >= 0.3 is 5.97 Å². The lowest BCUT2D eigenvalue weighted by Gasteiger charge is -2.27. The molecule has 24 heavy (non-hydrogen) atoms. The molecule has 3 rings (SSSR count). The van der Waals surface area contributed by atoms with E-state index in [0.717, 1.165) is 43.9 Å². The standard InChI is InChI=1S/C18H24N4O2/c1-13-5-6-15(19-11-13)9-14(2)21-7-4-8-22-16(12-21)10-17(20-22)18(23)24-3/h5-6,10-11,14H,4,7-9,12H2,1-3H3. The Labute approximate surface area is 142 Å². The van der Waals surface area contributed by atoms with Crippen molar-refractivity contribution in [1.82, 2.24) is 19.7 Å². The van der Waals surface area contributed by atoms with Gasteiger partial charge in [-0.3, -0.25) is 14.6 Å². The van der Waals surface area contributed by atoms with Crippen molar-refractivity contribution >= 4 is 5.97 Å². The number of hydrogen-bond acceptors (Lipinski definition) is 5. The van der Waals surface area contributed by atoms with E-state index in [-0.39, 0.29) is 5.97 Å². The molecule has 6 nitrogen and oxygen atoms in total. The molecule has 1 atom stereocenters. The summed E-state index contributed by atoms with van der Waals surface area (Å²) in [6.45, 7) is 6.92. The molecule has 0 aliphatic carbocycles. The number of esters is 1. The zero-order valence-corrected chi connectivity index (χ0v) is 14.5. The van der Waals surface area contributed by atoms with E-state index in [9.17, 15) is 4.79 Å². The van der Waals surface area contributed by atoms with Crippen molar-refractivity contribution in [2.45, 2.75) is 45.8 Å². The molecule has 3 heterocycles. The van der Waals surface area contributed by atoms with Crippen LogP contribution in [-0.4, -0.2) is 45.3 Å². The summed E-state index contributed by atoms with van der Waals surface area (Å²) in [4.78, 5) is 18.6. The molecule has 0 bridgehead atoms. The van der Waals surface area contributed by atoms with Crippen LogP contribution in [-0.2, 0) is 24.2 Å². The Hall–Kier alpha value is -2.21. The molecule has 0 N–H and O–H groups in total. The number of hydrogen-bond donors (Lipinski definition) is 0. The number of aryl methyl sites for hydroxylation is 2. The van der Waals surface area contributed by atoms with Crippen molar-refractivity contribution < 1.29 is 9.53 Å². The highest BCUT2D eigenvalue weighted by atomic mass is 16.5. The molecular weight excluding hydrogens is 304 g/mol. The van der Waals surface area contributed by atoms with Crippen LogP contribution in [0.25, 0.3) is 0 Å². The summed E-state index contributed by atoms with van der Waals surface area (Å²) in [5.74, 6) is -0.376. The fraction of sp³-hybridized carbons (Fsp3) is 0.500.